The lowest BCUT2D eigenvalue weighted by Crippen LogP contribution is -2.06. The Bertz CT molecular complexity index is 703. The Morgan fingerprint density at radius 3 is 2.58 bits per heavy atom. The monoisotopic (exact) mass is 316 g/mol. The quantitative estimate of drug-likeness (QED) is 0.808. The Morgan fingerprint density at radius 1 is 1.05 bits per heavy atom. The fourth-order valence-corrected chi connectivity index (χ4v) is 2.39. The maximum Gasteiger partial charge on any atom is 0.161 e. The molecule has 0 unspecified atom stereocenters. The van der Waals surface area contributed by atoms with Gasteiger partial charge in [-0.05, 0) is 29.8 Å². The van der Waals surface area contributed by atoms with Gasteiger partial charge < -0.3 is 5.73 Å². The van der Waals surface area contributed by atoms with Crippen molar-refractivity contribution < 1.29 is 0 Å². The third kappa shape index (κ3) is 2.39. The van der Waals surface area contributed by atoms with E-state index in [1.165, 1.54) is 5.56 Å². The topological polar surface area (TPSA) is 56.2 Å². The fraction of sp³-hybridized carbons (Fsp3) is 0.143. The van der Waals surface area contributed by atoms with Crippen molar-refractivity contribution in [3.05, 3.63) is 64.0 Å². The molecule has 0 bridgehead atoms. The highest BCUT2D eigenvalue weighted by molar-refractivity contribution is 9.10. The Hall–Kier alpha value is -1.72. The average Bonchev–Trinajstić information content (AvgIpc) is 2.85. The van der Waals surface area contributed by atoms with Crippen molar-refractivity contribution in [1.29, 1.82) is 0 Å². The van der Waals surface area contributed by atoms with Crippen molar-refractivity contribution >= 4 is 21.6 Å². The van der Waals surface area contributed by atoms with Gasteiger partial charge in [-0.2, -0.15) is 0 Å². The summed E-state index contributed by atoms with van der Waals surface area (Å²) in [6, 6.07) is 14.1. The van der Waals surface area contributed by atoms with E-state index in [4.69, 9.17) is 5.73 Å². The summed E-state index contributed by atoms with van der Waals surface area (Å²) >= 11 is 3.44. The van der Waals surface area contributed by atoms with E-state index < -0.39 is 0 Å². The van der Waals surface area contributed by atoms with Crippen molar-refractivity contribution in [2.75, 3.05) is 0 Å². The normalized spacial score (nSPS) is 11.1. The molecule has 2 N–H and O–H groups in total. The summed E-state index contributed by atoms with van der Waals surface area (Å²) in [5, 5.41) is 8.46. The number of aromatic nitrogens is 3. The third-order valence-electron chi connectivity index (χ3n) is 3.06. The highest BCUT2D eigenvalue weighted by atomic mass is 79.9. The first kappa shape index (κ1) is 12.3. The Morgan fingerprint density at radius 2 is 1.84 bits per heavy atom. The standard InChI is InChI=1S/C14H13BrN4/c15-11-6-4-10(5-7-11)8-14-18-17-13-3-1-2-12(9-16)19(13)14/h1-7H,8-9,16H2. The van der Waals surface area contributed by atoms with Gasteiger partial charge in [0.15, 0.2) is 5.65 Å². The number of pyridine rings is 1. The molecule has 0 atom stereocenters. The molecule has 0 aliphatic carbocycles. The molecule has 0 radical (unpaired) electrons. The van der Waals surface area contributed by atoms with Gasteiger partial charge >= 0.3 is 0 Å². The minimum atomic E-state index is 0.475. The smallest absolute Gasteiger partial charge is 0.161 e. The van der Waals surface area contributed by atoms with E-state index in [-0.39, 0.29) is 0 Å². The van der Waals surface area contributed by atoms with Crippen molar-refractivity contribution in [3.8, 4) is 0 Å². The van der Waals surface area contributed by atoms with E-state index in [2.05, 4.69) is 38.3 Å². The van der Waals surface area contributed by atoms with Gasteiger partial charge in [0.1, 0.15) is 5.82 Å². The predicted molar refractivity (Wildman–Crippen MR) is 77.8 cm³/mol. The molecule has 3 aromatic rings. The zero-order valence-electron chi connectivity index (χ0n) is 10.3. The van der Waals surface area contributed by atoms with Crippen LogP contribution in [0.4, 0.5) is 0 Å². The SMILES string of the molecule is NCc1cccc2nnc(Cc3ccc(Br)cc3)n12. The first-order valence-electron chi connectivity index (χ1n) is 6.04. The molecular formula is C14H13BrN4. The van der Waals surface area contributed by atoms with E-state index in [0.717, 1.165) is 28.1 Å². The zero-order chi connectivity index (χ0) is 13.2. The number of fused-ring (bicyclic) bond motifs is 1. The van der Waals surface area contributed by atoms with Crippen LogP contribution in [0.3, 0.4) is 0 Å². The van der Waals surface area contributed by atoms with Crippen LogP contribution in [0.1, 0.15) is 17.1 Å². The van der Waals surface area contributed by atoms with Crippen LogP contribution in [-0.2, 0) is 13.0 Å². The summed E-state index contributed by atoms with van der Waals surface area (Å²) in [6.45, 7) is 0.475. The fourth-order valence-electron chi connectivity index (χ4n) is 2.13. The molecule has 0 saturated heterocycles. The highest BCUT2D eigenvalue weighted by Gasteiger charge is 2.09. The molecule has 0 aliphatic rings. The Kier molecular flexibility index (Phi) is 3.31. The van der Waals surface area contributed by atoms with Gasteiger partial charge in [-0.1, -0.05) is 34.1 Å². The molecule has 3 rings (SSSR count). The number of benzene rings is 1. The summed E-state index contributed by atoms with van der Waals surface area (Å²) in [5.74, 6) is 0.915. The van der Waals surface area contributed by atoms with E-state index in [0.29, 0.717) is 6.54 Å². The van der Waals surface area contributed by atoms with E-state index >= 15 is 0 Å². The van der Waals surface area contributed by atoms with Gasteiger partial charge in [0.05, 0.1) is 0 Å². The maximum atomic E-state index is 5.77. The van der Waals surface area contributed by atoms with Gasteiger partial charge in [-0.3, -0.25) is 4.40 Å². The third-order valence-corrected chi connectivity index (χ3v) is 3.59. The first-order valence-corrected chi connectivity index (χ1v) is 6.83. The van der Waals surface area contributed by atoms with Crippen LogP contribution in [-0.4, -0.2) is 14.6 Å². The molecule has 96 valence electrons. The maximum absolute atomic E-state index is 5.77. The molecular weight excluding hydrogens is 304 g/mol. The van der Waals surface area contributed by atoms with Crippen LogP contribution < -0.4 is 5.73 Å². The lowest BCUT2D eigenvalue weighted by atomic mass is 10.1. The molecule has 19 heavy (non-hydrogen) atoms. The molecule has 0 saturated carbocycles. The molecule has 0 aliphatic heterocycles. The Balaban J connectivity index is 2.03. The largest absolute Gasteiger partial charge is 0.325 e. The molecule has 2 aromatic heterocycles. The van der Waals surface area contributed by atoms with Gasteiger partial charge in [-0.15, -0.1) is 10.2 Å². The van der Waals surface area contributed by atoms with Gasteiger partial charge in [0, 0.05) is 23.1 Å². The van der Waals surface area contributed by atoms with Crippen molar-refractivity contribution in [3.63, 3.8) is 0 Å². The van der Waals surface area contributed by atoms with Crippen molar-refractivity contribution in [2.45, 2.75) is 13.0 Å². The molecule has 0 fully saturated rings. The molecule has 4 nitrogen and oxygen atoms in total. The second-order valence-corrected chi connectivity index (χ2v) is 5.25. The van der Waals surface area contributed by atoms with Crippen molar-refractivity contribution in [2.24, 2.45) is 5.73 Å². The molecule has 5 heteroatoms. The minimum absolute atomic E-state index is 0.475. The number of nitrogens with zero attached hydrogens (tertiary/aromatic N) is 3. The average molecular weight is 317 g/mol. The number of halogens is 1. The lowest BCUT2D eigenvalue weighted by molar-refractivity contribution is 0.871. The van der Waals surface area contributed by atoms with E-state index in [9.17, 15) is 0 Å². The second-order valence-electron chi connectivity index (χ2n) is 4.33. The number of hydrogen-bond acceptors (Lipinski definition) is 3. The minimum Gasteiger partial charge on any atom is -0.325 e. The predicted octanol–water partition coefficient (Wildman–Crippen LogP) is 2.54. The van der Waals surface area contributed by atoms with Crippen LogP contribution in [0.25, 0.3) is 5.65 Å². The van der Waals surface area contributed by atoms with E-state index in [1.807, 2.05) is 34.7 Å². The van der Waals surface area contributed by atoms with E-state index in [1.54, 1.807) is 0 Å². The highest BCUT2D eigenvalue weighted by Crippen LogP contribution is 2.15. The van der Waals surface area contributed by atoms with Crippen LogP contribution in [0.2, 0.25) is 0 Å². The van der Waals surface area contributed by atoms with Crippen molar-refractivity contribution in [1.82, 2.24) is 14.6 Å². The van der Waals surface area contributed by atoms with Crippen LogP contribution in [0.5, 0.6) is 0 Å². The van der Waals surface area contributed by atoms with Crippen LogP contribution in [0.15, 0.2) is 46.9 Å². The van der Waals surface area contributed by atoms with Gasteiger partial charge in [0.25, 0.3) is 0 Å². The zero-order valence-corrected chi connectivity index (χ0v) is 11.8. The second kappa shape index (κ2) is 5.11. The summed E-state index contributed by atoms with van der Waals surface area (Å²) in [7, 11) is 0. The molecule has 0 amide bonds. The van der Waals surface area contributed by atoms with Gasteiger partial charge in [-0.25, -0.2) is 0 Å². The van der Waals surface area contributed by atoms with Gasteiger partial charge in [0.2, 0.25) is 0 Å². The summed E-state index contributed by atoms with van der Waals surface area (Å²) in [5.41, 5.74) is 8.84. The summed E-state index contributed by atoms with van der Waals surface area (Å²) in [4.78, 5) is 0. The number of rotatable bonds is 3. The lowest BCUT2D eigenvalue weighted by Gasteiger charge is -2.05. The summed E-state index contributed by atoms with van der Waals surface area (Å²) in [6.07, 6.45) is 0.742. The number of nitrogens with two attached hydrogens (primary N) is 1. The Labute approximate surface area is 119 Å². The molecule has 1 aromatic carbocycles. The molecule has 0 spiro atoms. The van der Waals surface area contributed by atoms with Crippen LogP contribution >= 0.6 is 15.9 Å². The molecule has 2 heterocycles. The van der Waals surface area contributed by atoms with Crippen LogP contribution in [0, 0.1) is 0 Å². The first-order chi connectivity index (χ1) is 9.28. The summed E-state index contributed by atoms with van der Waals surface area (Å²) < 4.78 is 3.10. The number of hydrogen-bond donors (Lipinski definition) is 1.